The molecule has 0 fully saturated rings. The van der Waals surface area contributed by atoms with Crippen molar-refractivity contribution in [1.82, 2.24) is 0 Å². The summed E-state index contributed by atoms with van der Waals surface area (Å²) in [5.41, 5.74) is 6.22. The fourth-order valence-corrected chi connectivity index (χ4v) is 2.32. The first-order valence-corrected chi connectivity index (χ1v) is 6.99. The van der Waals surface area contributed by atoms with E-state index in [-0.39, 0.29) is 5.91 Å². The molecule has 0 saturated heterocycles. The topological polar surface area (TPSA) is 55.1 Å². The molecule has 1 aromatic carbocycles. The zero-order valence-electron chi connectivity index (χ0n) is 10.7. The van der Waals surface area contributed by atoms with Crippen LogP contribution in [0.1, 0.15) is 19.8 Å². The Bertz CT molecular complexity index is 407. The Morgan fingerprint density at radius 2 is 2.28 bits per heavy atom. The zero-order valence-corrected chi connectivity index (χ0v) is 11.5. The van der Waals surface area contributed by atoms with Crippen LogP contribution in [-0.4, -0.2) is 17.7 Å². The highest BCUT2D eigenvalue weighted by Gasteiger charge is 2.07. The van der Waals surface area contributed by atoms with Crippen LogP contribution in [-0.2, 0) is 4.79 Å². The average molecular weight is 264 g/mol. The van der Waals surface area contributed by atoms with Crippen molar-refractivity contribution in [1.29, 1.82) is 0 Å². The first kappa shape index (κ1) is 14.6. The molecule has 1 amide bonds. The lowest BCUT2D eigenvalue weighted by molar-refractivity contribution is -0.115. The van der Waals surface area contributed by atoms with Crippen molar-refractivity contribution >= 4 is 23.4 Å². The molecule has 98 valence electrons. The fraction of sp³-hybridized carbons (Fsp3) is 0.357. The number of carbonyl (C=O) groups excluding carboxylic acids is 1. The van der Waals surface area contributed by atoms with Crippen LogP contribution in [0.5, 0.6) is 0 Å². The van der Waals surface area contributed by atoms with E-state index in [1.54, 1.807) is 0 Å². The summed E-state index contributed by atoms with van der Waals surface area (Å²) >= 11 is 1.46. The number of nitrogens with one attached hydrogen (secondary N) is 1. The third kappa shape index (κ3) is 5.27. The Morgan fingerprint density at radius 3 is 2.94 bits per heavy atom. The highest BCUT2D eigenvalue weighted by molar-refractivity contribution is 8.00. The lowest BCUT2D eigenvalue weighted by Crippen LogP contribution is -2.16. The van der Waals surface area contributed by atoms with Crippen molar-refractivity contribution in [3.8, 4) is 0 Å². The van der Waals surface area contributed by atoms with Gasteiger partial charge in [-0.2, -0.15) is 0 Å². The second kappa shape index (κ2) is 7.82. The second-order valence-corrected chi connectivity index (χ2v) is 5.18. The predicted molar refractivity (Wildman–Crippen MR) is 78.9 cm³/mol. The summed E-state index contributed by atoms with van der Waals surface area (Å²) < 4.78 is 0. The number of carbonyl (C=O) groups is 1. The molecule has 3 N–H and O–H groups in total. The average Bonchev–Trinajstić information content (AvgIpc) is 2.35. The lowest BCUT2D eigenvalue weighted by atomic mass is 10.1. The van der Waals surface area contributed by atoms with E-state index < -0.39 is 0 Å². The van der Waals surface area contributed by atoms with Crippen LogP contribution in [0.4, 0.5) is 5.69 Å². The van der Waals surface area contributed by atoms with E-state index in [0.717, 1.165) is 23.4 Å². The number of thioether (sulfide) groups is 1. The molecule has 0 radical (unpaired) electrons. The minimum absolute atomic E-state index is 0.297. The number of nitrogens with two attached hydrogens (primary N) is 1. The highest BCUT2D eigenvalue weighted by Crippen LogP contribution is 2.27. The normalized spacial score (nSPS) is 11.8. The monoisotopic (exact) mass is 264 g/mol. The Balaban J connectivity index is 2.63. The fourth-order valence-electron chi connectivity index (χ4n) is 1.57. The van der Waals surface area contributed by atoms with Gasteiger partial charge in [0.25, 0.3) is 0 Å². The molecule has 0 spiro atoms. The van der Waals surface area contributed by atoms with E-state index in [1.807, 2.05) is 30.3 Å². The van der Waals surface area contributed by atoms with Crippen molar-refractivity contribution in [2.75, 3.05) is 11.1 Å². The molecule has 0 aliphatic rings. The third-order valence-corrected chi connectivity index (χ3v) is 3.56. The van der Waals surface area contributed by atoms with E-state index in [1.165, 1.54) is 11.8 Å². The van der Waals surface area contributed by atoms with Gasteiger partial charge in [-0.25, -0.2) is 0 Å². The van der Waals surface area contributed by atoms with Gasteiger partial charge in [-0.3, -0.25) is 4.79 Å². The number of allylic oxidation sites excluding steroid dienone is 1. The number of hydrogen-bond acceptors (Lipinski definition) is 3. The standard InChI is InChI=1S/C14H20N2OS/c1-3-4-7-11(2)16-12-8-5-6-9-13(12)18-10-14(15)17/h3,5-6,8-9,11,16H,1,4,7,10H2,2H3,(H2,15,17). The van der Waals surface area contributed by atoms with Gasteiger partial charge >= 0.3 is 0 Å². The molecule has 1 unspecified atom stereocenters. The number of benzene rings is 1. The molecule has 1 aromatic rings. The molecule has 1 atom stereocenters. The molecule has 0 aromatic heterocycles. The molecule has 0 saturated carbocycles. The molecular weight excluding hydrogens is 244 g/mol. The summed E-state index contributed by atoms with van der Waals surface area (Å²) in [5.74, 6) is 0.00854. The summed E-state index contributed by atoms with van der Waals surface area (Å²) in [6, 6.07) is 8.34. The first-order valence-electron chi connectivity index (χ1n) is 6.01. The number of rotatable bonds is 8. The molecular formula is C14H20N2OS. The molecule has 4 heteroatoms. The summed E-state index contributed by atoms with van der Waals surface area (Å²) in [7, 11) is 0. The van der Waals surface area contributed by atoms with Crippen LogP contribution >= 0.6 is 11.8 Å². The van der Waals surface area contributed by atoms with Crippen LogP contribution in [0.3, 0.4) is 0 Å². The van der Waals surface area contributed by atoms with E-state index in [0.29, 0.717) is 11.8 Å². The summed E-state index contributed by atoms with van der Waals surface area (Å²) in [6.07, 6.45) is 3.95. The van der Waals surface area contributed by atoms with Crippen LogP contribution in [0.25, 0.3) is 0 Å². The zero-order chi connectivity index (χ0) is 13.4. The molecule has 0 aliphatic heterocycles. The first-order chi connectivity index (χ1) is 8.63. The predicted octanol–water partition coefficient (Wildman–Crippen LogP) is 3.03. The van der Waals surface area contributed by atoms with E-state index in [9.17, 15) is 4.79 Å². The van der Waals surface area contributed by atoms with Gasteiger partial charge in [-0.05, 0) is 31.9 Å². The molecule has 0 heterocycles. The van der Waals surface area contributed by atoms with Crippen molar-refractivity contribution in [2.24, 2.45) is 5.73 Å². The quantitative estimate of drug-likeness (QED) is 0.560. The number of amides is 1. The van der Waals surface area contributed by atoms with Crippen molar-refractivity contribution in [2.45, 2.75) is 30.7 Å². The van der Waals surface area contributed by atoms with Gasteiger partial charge in [0, 0.05) is 16.6 Å². The molecule has 18 heavy (non-hydrogen) atoms. The molecule has 1 rings (SSSR count). The van der Waals surface area contributed by atoms with Gasteiger partial charge in [0.1, 0.15) is 0 Å². The maximum atomic E-state index is 10.8. The van der Waals surface area contributed by atoms with Crippen molar-refractivity contribution < 1.29 is 4.79 Å². The van der Waals surface area contributed by atoms with Crippen molar-refractivity contribution in [3.63, 3.8) is 0 Å². The minimum Gasteiger partial charge on any atom is -0.382 e. The van der Waals surface area contributed by atoms with Crippen molar-refractivity contribution in [3.05, 3.63) is 36.9 Å². The van der Waals surface area contributed by atoms with Gasteiger partial charge in [0.05, 0.1) is 5.75 Å². The maximum absolute atomic E-state index is 10.8. The van der Waals surface area contributed by atoms with E-state index >= 15 is 0 Å². The number of para-hydroxylation sites is 1. The molecule has 0 aliphatic carbocycles. The lowest BCUT2D eigenvalue weighted by Gasteiger charge is -2.17. The Kier molecular flexibility index (Phi) is 6.36. The van der Waals surface area contributed by atoms with E-state index in [2.05, 4.69) is 18.8 Å². The Labute approximate surface area is 113 Å². The van der Waals surface area contributed by atoms with Crippen LogP contribution in [0.2, 0.25) is 0 Å². The highest BCUT2D eigenvalue weighted by atomic mass is 32.2. The molecule has 0 bridgehead atoms. The molecule has 3 nitrogen and oxygen atoms in total. The van der Waals surface area contributed by atoms with Gasteiger partial charge in [-0.15, -0.1) is 18.3 Å². The minimum atomic E-state index is -0.297. The van der Waals surface area contributed by atoms with Gasteiger partial charge in [0.15, 0.2) is 0 Å². The van der Waals surface area contributed by atoms with Crippen LogP contribution < -0.4 is 11.1 Å². The summed E-state index contributed by atoms with van der Waals surface area (Å²) in [6.45, 7) is 5.86. The smallest absolute Gasteiger partial charge is 0.227 e. The van der Waals surface area contributed by atoms with Crippen LogP contribution in [0, 0.1) is 0 Å². The third-order valence-electron chi connectivity index (χ3n) is 2.46. The SMILES string of the molecule is C=CCCC(C)Nc1ccccc1SCC(N)=O. The summed E-state index contributed by atoms with van der Waals surface area (Å²) in [4.78, 5) is 11.9. The Hall–Kier alpha value is -1.42. The second-order valence-electron chi connectivity index (χ2n) is 4.16. The van der Waals surface area contributed by atoms with E-state index in [4.69, 9.17) is 5.73 Å². The largest absolute Gasteiger partial charge is 0.382 e. The van der Waals surface area contributed by atoms with Gasteiger partial charge in [0.2, 0.25) is 5.91 Å². The Morgan fingerprint density at radius 1 is 1.56 bits per heavy atom. The number of anilines is 1. The number of hydrogen-bond donors (Lipinski definition) is 2. The van der Waals surface area contributed by atoms with Gasteiger partial charge < -0.3 is 11.1 Å². The maximum Gasteiger partial charge on any atom is 0.227 e. The van der Waals surface area contributed by atoms with Crippen LogP contribution in [0.15, 0.2) is 41.8 Å². The summed E-state index contributed by atoms with van der Waals surface area (Å²) in [5, 5.41) is 3.45. The van der Waals surface area contributed by atoms with Gasteiger partial charge in [-0.1, -0.05) is 18.2 Å². The number of primary amides is 1.